The Bertz CT molecular complexity index is 579. The molecular weight excluding hydrogens is 309 g/mol. The Hall–Kier alpha value is -1.17. The third kappa shape index (κ3) is 2.85. The van der Waals surface area contributed by atoms with Crippen LogP contribution in [0.2, 0.25) is 5.02 Å². The van der Waals surface area contributed by atoms with Gasteiger partial charge in [0.15, 0.2) is 0 Å². The molecule has 1 fully saturated rings. The first-order valence-electron chi connectivity index (χ1n) is 7.29. The molecule has 2 atom stereocenters. The first-order chi connectivity index (χ1) is 10.2. The lowest BCUT2D eigenvalue weighted by molar-refractivity contribution is -0.237. The molecule has 1 aliphatic carbocycles. The zero-order chi connectivity index (χ0) is 16.5. The van der Waals surface area contributed by atoms with Gasteiger partial charge in [-0.2, -0.15) is 0 Å². The summed E-state index contributed by atoms with van der Waals surface area (Å²) in [5, 5.41) is 13.1. The van der Waals surface area contributed by atoms with Crippen LogP contribution in [0.15, 0.2) is 18.2 Å². The Morgan fingerprint density at radius 2 is 2.23 bits per heavy atom. The second-order valence-electron chi connectivity index (χ2n) is 6.19. The van der Waals surface area contributed by atoms with Crippen molar-refractivity contribution in [2.75, 3.05) is 13.2 Å². The number of carbonyl (C=O) groups excluding carboxylic acids is 1. The lowest BCUT2D eigenvalue weighted by Crippen LogP contribution is -2.68. The molecule has 1 aromatic carbocycles. The van der Waals surface area contributed by atoms with E-state index in [0.29, 0.717) is 13.0 Å². The highest BCUT2D eigenvalue weighted by Gasteiger charge is 2.59. The summed E-state index contributed by atoms with van der Waals surface area (Å²) in [5.74, 6) is -1.15. The van der Waals surface area contributed by atoms with Gasteiger partial charge in [0.25, 0.3) is 5.91 Å². The lowest BCUT2D eigenvalue weighted by atomic mass is 9.56. The van der Waals surface area contributed by atoms with Crippen LogP contribution in [0.3, 0.4) is 0 Å². The van der Waals surface area contributed by atoms with Gasteiger partial charge < -0.3 is 15.2 Å². The Labute approximate surface area is 134 Å². The van der Waals surface area contributed by atoms with Crippen LogP contribution in [0.25, 0.3) is 0 Å². The van der Waals surface area contributed by atoms with E-state index in [1.807, 2.05) is 20.8 Å². The smallest absolute Gasteiger partial charge is 0.253 e. The van der Waals surface area contributed by atoms with Gasteiger partial charge >= 0.3 is 0 Å². The van der Waals surface area contributed by atoms with Gasteiger partial charge in [0.1, 0.15) is 5.82 Å². The maximum Gasteiger partial charge on any atom is 0.253 e. The minimum atomic E-state index is -1.05. The Balaban J connectivity index is 2.01. The van der Waals surface area contributed by atoms with Crippen LogP contribution in [-0.2, 0) is 4.74 Å². The zero-order valence-electron chi connectivity index (χ0n) is 13.0. The molecule has 0 bridgehead atoms. The van der Waals surface area contributed by atoms with Gasteiger partial charge in [0, 0.05) is 25.0 Å². The number of aliphatic hydroxyl groups is 1. The molecule has 4 nitrogen and oxygen atoms in total. The Kier molecular flexibility index (Phi) is 4.80. The molecule has 2 N–H and O–H groups in total. The predicted molar refractivity (Wildman–Crippen MR) is 82.5 cm³/mol. The second kappa shape index (κ2) is 6.14. The van der Waals surface area contributed by atoms with Crippen molar-refractivity contribution in [1.82, 2.24) is 5.32 Å². The Morgan fingerprint density at radius 1 is 1.55 bits per heavy atom. The number of benzene rings is 1. The van der Waals surface area contributed by atoms with Crippen LogP contribution < -0.4 is 5.32 Å². The van der Waals surface area contributed by atoms with Crippen molar-refractivity contribution in [2.24, 2.45) is 5.41 Å². The minimum absolute atomic E-state index is 0.0443. The monoisotopic (exact) mass is 329 g/mol. The summed E-state index contributed by atoms with van der Waals surface area (Å²) in [6.45, 7) is 6.35. The largest absolute Gasteiger partial charge is 0.387 e. The maximum absolute atomic E-state index is 13.4. The van der Waals surface area contributed by atoms with Gasteiger partial charge in [-0.25, -0.2) is 4.39 Å². The van der Waals surface area contributed by atoms with E-state index in [2.05, 4.69) is 5.32 Å². The van der Waals surface area contributed by atoms with E-state index in [1.54, 1.807) is 0 Å². The van der Waals surface area contributed by atoms with Gasteiger partial charge in [0.05, 0.1) is 22.3 Å². The molecule has 122 valence electrons. The number of hydrogen-bond acceptors (Lipinski definition) is 3. The van der Waals surface area contributed by atoms with Gasteiger partial charge in [-0.15, -0.1) is 0 Å². The number of nitrogens with one attached hydrogen (secondary N) is 1. The van der Waals surface area contributed by atoms with E-state index in [0.717, 1.165) is 0 Å². The van der Waals surface area contributed by atoms with Crippen LogP contribution in [-0.4, -0.2) is 35.9 Å². The van der Waals surface area contributed by atoms with Crippen molar-refractivity contribution in [3.05, 3.63) is 34.6 Å². The van der Waals surface area contributed by atoms with Gasteiger partial charge in [-0.3, -0.25) is 4.79 Å². The molecule has 0 aliphatic heterocycles. The van der Waals surface area contributed by atoms with E-state index in [9.17, 15) is 14.3 Å². The minimum Gasteiger partial charge on any atom is -0.387 e. The molecule has 0 unspecified atom stereocenters. The summed E-state index contributed by atoms with van der Waals surface area (Å²) in [7, 11) is 0. The highest BCUT2D eigenvalue weighted by atomic mass is 35.5. The molecular formula is C16H21ClFNO3. The normalized spacial score (nSPS) is 26.4. The predicted octanol–water partition coefficient (Wildman–Crippen LogP) is 2.78. The fourth-order valence-electron chi connectivity index (χ4n) is 2.76. The van der Waals surface area contributed by atoms with Crippen LogP contribution >= 0.6 is 11.6 Å². The topological polar surface area (TPSA) is 58.6 Å². The summed E-state index contributed by atoms with van der Waals surface area (Å²) in [4.78, 5) is 12.1. The van der Waals surface area contributed by atoms with E-state index >= 15 is 0 Å². The number of rotatable bonds is 5. The van der Waals surface area contributed by atoms with Crippen molar-refractivity contribution in [3.8, 4) is 0 Å². The molecule has 1 aromatic rings. The van der Waals surface area contributed by atoms with Crippen molar-refractivity contribution in [2.45, 2.75) is 38.9 Å². The highest BCUT2D eigenvalue weighted by molar-refractivity contribution is 6.34. The molecule has 1 aliphatic rings. The molecule has 0 radical (unpaired) electrons. The average molecular weight is 330 g/mol. The van der Waals surface area contributed by atoms with Crippen LogP contribution in [0, 0.1) is 11.2 Å². The van der Waals surface area contributed by atoms with E-state index in [-0.39, 0.29) is 23.2 Å². The molecule has 6 heteroatoms. The first kappa shape index (κ1) is 17.2. The average Bonchev–Trinajstić information content (AvgIpc) is 2.47. The third-order valence-electron chi connectivity index (χ3n) is 4.63. The van der Waals surface area contributed by atoms with Crippen molar-refractivity contribution < 1.29 is 19.0 Å². The fraction of sp³-hybridized carbons (Fsp3) is 0.562. The zero-order valence-corrected chi connectivity index (χ0v) is 13.7. The number of amides is 1. The molecule has 1 saturated carbocycles. The number of ether oxygens (including phenoxy) is 1. The van der Waals surface area contributed by atoms with Crippen molar-refractivity contribution >= 4 is 17.5 Å². The highest BCUT2D eigenvalue weighted by Crippen LogP contribution is 2.50. The van der Waals surface area contributed by atoms with Crippen molar-refractivity contribution in [1.29, 1.82) is 0 Å². The second-order valence-corrected chi connectivity index (χ2v) is 6.56. The van der Waals surface area contributed by atoms with Crippen LogP contribution in [0.5, 0.6) is 0 Å². The van der Waals surface area contributed by atoms with Crippen LogP contribution in [0.4, 0.5) is 4.39 Å². The fourth-order valence-corrected chi connectivity index (χ4v) is 2.97. The van der Waals surface area contributed by atoms with Crippen LogP contribution in [0.1, 0.15) is 37.6 Å². The lowest BCUT2D eigenvalue weighted by Gasteiger charge is -2.57. The van der Waals surface area contributed by atoms with E-state index in [4.69, 9.17) is 16.3 Å². The standard InChI is InChI=1S/C16H21ClFNO3/c1-4-22-12-8-16(21,15(12,2)3)9-19-14(20)10-6-5-7-11(18)13(10)17/h5-7,12,21H,4,8-9H2,1-3H3,(H,19,20)/t12-,16-/m0/s1. The summed E-state index contributed by atoms with van der Waals surface area (Å²) in [5.41, 5.74) is -1.46. The summed E-state index contributed by atoms with van der Waals surface area (Å²) in [6, 6.07) is 4.05. The summed E-state index contributed by atoms with van der Waals surface area (Å²) in [6.07, 6.45) is 0.405. The van der Waals surface area contributed by atoms with Gasteiger partial charge in [-0.05, 0) is 19.1 Å². The molecule has 2 rings (SSSR count). The molecule has 0 spiro atoms. The maximum atomic E-state index is 13.4. The van der Waals surface area contributed by atoms with E-state index < -0.39 is 22.7 Å². The summed E-state index contributed by atoms with van der Waals surface area (Å²) < 4.78 is 18.9. The number of carbonyl (C=O) groups is 1. The molecule has 0 saturated heterocycles. The van der Waals surface area contributed by atoms with E-state index in [1.165, 1.54) is 18.2 Å². The van der Waals surface area contributed by atoms with Crippen molar-refractivity contribution in [3.63, 3.8) is 0 Å². The number of hydrogen-bond donors (Lipinski definition) is 2. The summed E-state index contributed by atoms with van der Waals surface area (Å²) >= 11 is 5.79. The Morgan fingerprint density at radius 3 is 2.82 bits per heavy atom. The van der Waals surface area contributed by atoms with Gasteiger partial charge in [-0.1, -0.05) is 31.5 Å². The first-order valence-corrected chi connectivity index (χ1v) is 7.67. The van der Waals surface area contributed by atoms with Gasteiger partial charge in [0.2, 0.25) is 0 Å². The molecule has 1 amide bonds. The SMILES string of the molecule is CCO[C@H]1C[C@](O)(CNC(=O)c2cccc(F)c2Cl)C1(C)C. The molecule has 0 heterocycles. The quantitative estimate of drug-likeness (QED) is 0.873. The molecule has 22 heavy (non-hydrogen) atoms. The third-order valence-corrected chi connectivity index (χ3v) is 5.02. The number of halogens is 2. The molecule has 0 aromatic heterocycles.